The highest BCUT2D eigenvalue weighted by molar-refractivity contribution is 5.94. The molecule has 8 heteroatoms. The van der Waals surface area contributed by atoms with Gasteiger partial charge in [-0.2, -0.15) is 0 Å². The molecule has 2 aromatic carbocycles. The number of aryl methyl sites for hydroxylation is 1. The van der Waals surface area contributed by atoms with Gasteiger partial charge in [-0.3, -0.25) is 19.4 Å². The summed E-state index contributed by atoms with van der Waals surface area (Å²) in [6.45, 7) is 7.20. The highest BCUT2D eigenvalue weighted by atomic mass is 19.1. The minimum atomic E-state index is -0.403. The Morgan fingerprint density at radius 2 is 1.56 bits per heavy atom. The van der Waals surface area contributed by atoms with Crippen LogP contribution in [0.2, 0.25) is 0 Å². The van der Waals surface area contributed by atoms with Gasteiger partial charge in [0.05, 0.1) is 6.54 Å². The first-order chi connectivity index (χ1) is 17.6. The van der Waals surface area contributed by atoms with Crippen molar-refractivity contribution in [3.8, 4) is 0 Å². The fourth-order valence-electron chi connectivity index (χ4n) is 5.26. The maximum atomic E-state index is 13.4. The number of nitrogens with zero attached hydrogens (tertiary/aromatic N) is 4. The topological polar surface area (TPSA) is 62.9 Å². The minimum absolute atomic E-state index is 0.152. The summed E-state index contributed by atoms with van der Waals surface area (Å²) in [5, 5.41) is 1.31. The minimum Gasteiger partial charge on any atom is -0.361 e. The van der Waals surface area contributed by atoms with E-state index in [1.807, 2.05) is 4.90 Å². The quantitative estimate of drug-likeness (QED) is 0.552. The number of nitrogens with one attached hydrogen (secondary N) is 1. The predicted octanol–water partition coefficient (Wildman–Crippen LogP) is 2.84. The van der Waals surface area contributed by atoms with Crippen LogP contribution in [0, 0.1) is 5.82 Å². The molecule has 190 valence electrons. The summed E-state index contributed by atoms with van der Waals surface area (Å²) in [6, 6.07) is 14.2. The molecule has 0 atom stereocenters. The van der Waals surface area contributed by atoms with Crippen LogP contribution in [-0.4, -0.2) is 102 Å². The van der Waals surface area contributed by atoms with Gasteiger partial charge >= 0.3 is 0 Å². The number of carbonyl (C=O) groups excluding carboxylic acids is 2. The van der Waals surface area contributed by atoms with E-state index in [1.165, 1.54) is 28.6 Å². The molecule has 5 rings (SSSR count). The van der Waals surface area contributed by atoms with E-state index in [0.717, 1.165) is 45.6 Å². The van der Waals surface area contributed by atoms with E-state index in [2.05, 4.69) is 45.2 Å². The number of amides is 2. The van der Waals surface area contributed by atoms with Crippen LogP contribution in [0.3, 0.4) is 0 Å². The van der Waals surface area contributed by atoms with E-state index in [-0.39, 0.29) is 11.8 Å². The van der Waals surface area contributed by atoms with Crippen molar-refractivity contribution in [1.82, 2.24) is 24.6 Å². The number of rotatable bonds is 7. The average Bonchev–Trinajstić information content (AvgIpc) is 3.32. The maximum absolute atomic E-state index is 13.4. The predicted molar refractivity (Wildman–Crippen MR) is 138 cm³/mol. The van der Waals surface area contributed by atoms with Crippen molar-refractivity contribution in [1.29, 1.82) is 0 Å². The third-order valence-corrected chi connectivity index (χ3v) is 7.41. The molecule has 36 heavy (non-hydrogen) atoms. The zero-order chi connectivity index (χ0) is 24.9. The van der Waals surface area contributed by atoms with Crippen molar-refractivity contribution in [3.63, 3.8) is 0 Å². The summed E-state index contributed by atoms with van der Waals surface area (Å²) in [5.74, 6) is -0.390. The number of para-hydroxylation sites is 1. The molecule has 1 N–H and O–H groups in total. The Kier molecular flexibility index (Phi) is 7.63. The molecule has 2 fully saturated rings. The van der Waals surface area contributed by atoms with E-state index in [4.69, 9.17) is 0 Å². The number of hydrogen-bond acceptors (Lipinski definition) is 4. The summed E-state index contributed by atoms with van der Waals surface area (Å²) in [6.07, 6.45) is 4.28. The molecular weight excluding hydrogens is 457 g/mol. The lowest BCUT2D eigenvalue weighted by molar-refractivity contribution is -0.134. The number of halogens is 1. The molecule has 2 amide bonds. The van der Waals surface area contributed by atoms with Crippen LogP contribution in [0.5, 0.6) is 0 Å². The zero-order valence-electron chi connectivity index (χ0n) is 20.7. The summed E-state index contributed by atoms with van der Waals surface area (Å²) in [5.41, 5.74) is 2.94. The van der Waals surface area contributed by atoms with Crippen LogP contribution in [0.4, 0.5) is 4.39 Å². The van der Waals surface area contributed by atoms with E-state index in [9.17, 15) is 14.0 Å². The van der Waals surface area contributed by atoms with Crippen molar-refractivity contribution < 1.29 is 14.0 Å². The molecule has 3 heterocycles. The Labute approximate surface area is 211 Å². The van der Waals surface area contributed by atoms with Gasteiger partial charge in [0, 0.05) is 75.0 Å². The monoisotopic (exact) mass is 491 g/mol. The third-order valence-electron chi connectivity index (χ3n) is 7.41. The number of aromatic nitrogens is 1. The van der Waals surface area contributed by atoms with Gasteiger partial charge in [-0.1, -0.05) is 24.3 Å². The molecule has 0 radical (unpaired) electrons. The largest absolute Gasteiger partial charge is 0.361 e. The molecule has 0 spiro atoms. The lowest BCUT2D eigenvalue weighted by atomic mass is 10.1. The van der Waals surface area contributed by atoms with Crippen molar-refractivity contribution in [2.45, 2.75) is 12.8 Å². The van der Waals surface area contributed by atoms with Gasteiger partial charge in [0.2, 0.25) is 5.91 Å². The van der Waals surface area contributed by atoms with Crippen LogP contribution >= 0.6 is 0 Å². The lowest BCUT2D eigenvalue weighted by Gasteiger charge is -2.38. The summed E-state index contributed by atoms with van der Waals surface area (Å²) >= 11 is 0. The van der Waals surface area contributed by atoms with Crippen LogP contribution in [0.25, 0.3) is 10.9 Å². The van der Waals surface area contributed by atoms with Crippen LogP contribution in [-0.2, 0) is 11.2 Å². The Hall–Kier alpha value is -3.23. The van der Waals surface area contributed by atoms with Crippen LogP contribution in [0.15, 0.2) is 54.7 Å². The van der Waals surface area contributed by atoms with Gasteiger partial charge in [0.15, 0.2) is 0 Å². The number of hydrogen-bond donors (Lipinski definition) is 1. The van der Waals surface area contributed by atoms with Crippen molar-refractivity contribution in [3.05, 3.63) is 71.7 Å². The van der Waals surface area contributed by atoms with E-state index >= 15 is 0 Å². The fraction of sp³-hybridized carbons (Fsp3) is 0.429. The molecule has 0 aliphatic carbocycles. The third kappa shape index (κ3) is 5.77. The first kappa shape index (κ1) is 24.5. The van der Waals surface area contributed by atoms with Gasteiger partial charge in [-0.25, -0.2) is 4.39 Å². The summed E-state index contributed by atoms with van der Waals surface area (Å²) in [7, 11) is 0. The number of piperazine rings is 2. The SMILES string of the molecule is O=C(CN1CCN(C(=O)c2cccc(F)c2)CC1)N1CCN(CCCc2c[nH]c3ccccc23)CC1. The standard InChI is InChI=1S/C28H34FN5O2/c29-24-7-3-5-22(19-24)28(36)34-17-13-32(14-18-34)21-27(35)33-15-11-31(12-16-33)10-4-6-23-20-30-26-9-2-1-8-25(23)26/h1-3,5,7-9,19-20,30H,4,6,10-18,21H2. The second-order valence-corrected chi connectivity index (χ2v) is 9.76. The molecule has 2 aliphatic heterocycles. The molecule has 1 aromatic heterocycles. The molecule has 0 unspecified atom stereocenters. The fourth-order valence-corrected chi connectivity index (χ4v) is 5.26. The van der Waals surface area contributed by atoms with E-state index in [0.29, 0.717) is 38.3 Å². The van der Waals surface area contributed by atoms with E-state index in [1.54, 1.807) is 17.0 Å². The molecule has 3 aromatic rings. The Morgan fingerprint density at radius 1 is 0.833 bits per heavy atom. The van der Waals surface area contributed by atoms with Gasteiger partial charge < -0.3 is 14.8 Å². The molecule has 7 nitrogen and oxygen atoms in total. The lowest BCUT2D eigenvalue weighted by Crippen LogP contribution is -2.54. The molecular formula is C28H34FN5O2. The van der Waals surface area contributed by atoms with Crippen molar-refractivity contribution in [2.75, 3.05) is 65.4 Å². The normalized spacial score (nSPS) is 17.6. The number of H-pyrrole nitrogens is 1. The number of carbonyl (C=O) groups is 2. The first-order valence-corrected chi connectivity index (χ1v) is 12.9. The smallest absolute Gasteiger partial charge is 0.254 e. The highest BCUT2D eigenvalue weighted by Gasteiger charge is 2.26. The van der Waals surface area contributed by atoms with Crippen molar-refractivity contribution >= 4 is 22.7 Å². The second kappa shape index (κ2) is 11.2. The van der Waals surface area contributed by atoms with Gasteiger partial charge in [-0.15, -0.1) is 0 Å². The van der Waals surface area contributed by atoms with Gasteiger partial charge in [-0.05, 0) is 49.2 Å². The summed E-state index contributed by atoms with van der Waals surface area (Å²) < 4.78 is 13.4. The van der Waals surface area contributed by atoms with E-state index < -0.39 is 5.82 Å². The van der Waals surface area contributed by atoms with Crippen molar-refractivity contribution in [2.24, 2.45) is 0 Å². The average molecular weight is 492 g/mol. The van der Waals surface area contributed by atoms with Crippen LogP contribution < -0.4 is 0 Å². The first-order valence-electron chi connectivity index (χ1n) is 12.9. The Morgan fingerprint density at radius 3 is 2.33 bits per heavy atom. The van der Waals surface area contributed by atoms with Crippen LogP contribution in [0.1, 0.15) is 22.3 Å². The summed E-state index contributed by atoms with van der Waals surface area (Å²) in [4.78, 5) is 37.1. The number of benzene rings is 2. The zero-order valence-corrected chi connectivity index (χ0v) is 20.7. The number of aromatic amines is 1. The molecule has 0 bridgehead atoms. The number of fused-ring (bicyclic) bond motifs is 1. The van der Waals surface area contributed by atoms with Gasteiger partial charge in [0.25, 0.3) is 5.91 Å². The Bertz CT molecular complexity index is 1200. The maximum Gasteiger partial charge on any atom is 0.254 e. The molecule has 2 saturated heterocycles. The Balaban J connectivity index is 1.01. The molecule has 0 saturated carbocycles. The molecule has 2 aliphatic rings. The second-order valence-electron chi connectivity index (χ2n) is 9.76. The van der Waals surface area contributed by atoms with Gasteiger partial charge in [0.1, 0.15) is 5.82 Å². The highest BCUT2D eigenvalue weighted by Crippen LogP contribution is 2.19.